The maximum Gasteiger partial charge on any atom is 0.131 e. The molecule has 0 amide bonds. The standard InChI is InChI=1S/C17H10Br2FI/c18-15-7-5-10(21)9-14(15)17(19)13-6-8-16(20)12-4-2-1-3-11(12)13/h1-9,17H. The van der Waals surface area contributed by atoms with Crippen molar-refractivity contribution < 1.29 is 4.39 Å². The van der Waals surface area contributed by atoms with Crippen molar-refractivity contribution in [3.05, 3.63) is 79.6 Å². The average molecular weight is 520 g/mol. The minimum Gasteiger partial charge on any atom is -0.206 e. The molecule has 0 fully saturated rings. The lowest BCUT2D eigenvalue weighted by Gasteiger charge is -2.16. The largest absolute Gasteiger partial charge is 0.206 e. The van der Waals surface area contributed by atoms with Crippen molar-refractivity contribution in [3.8, 4) is 0 Å². The van der Waals surface area contributed by atoms with E-state index < -0.39 is 0 Å². The number of alkyl halides is 1. The van der Waals surface area contributed by atoms with Gasteiger partial charge >= 0.3 is 0 Å². The highest BCUT2D eigenvalue weighted by molar-refractivity contribution is 14.1. The summed E-state index contributed by atoms with van der Waals surface area (Å²) in [6.45, 7) is 0. The summed E-state index contributed by atoms with van der Waals surface area (Å²) >= 11 is 9.66. The minimum absolute atomic E-state index is 0.00657. The zero-order valence-corrected chi connectivity index (χ0v) is 16.1. The van der Waals surface area contributed by atoms with Gasteiger partial charge in [-0.1, -0.05) is 62.2 Å². The second-order valence-electron chi connectivity index (χ2n) is 4.71. The van der Waals surface area contributed by atoms with Crippen LogP contribution in [0.2, 0.25) is 0 Å². The Morgan fingerprint density at radius 1 is 0.905 bits per heavy atom. The van der Waals surface area contributed by atoms with Gasteiger partial charge in [-0.15, -0.1) is 0 Å². The van der Waals surface area contributed by atoms with E-state index in [4.69, 9.17) is 0 Å². The topological polar surface area (TPSA) is 0 Å². The maximum atomic E-state index is 13.9. The molecular formula is C17H10Br2FI. The Hall–Kier alpha value is -0.460. The summed E-state index contributed by atoms with van der Waals surface area (Å²) < 4.78 is 16.2. The van der Waals surface area contributed by atoms with Gasteiger partial charge in [-0.25, -0.2) is 4.39 Å². The van der Waals surface area contributed by atoms with Crippen LogP contribution in [-0.2, 0) is 0 Å². The first-order chi connectivity index (χ1) is 10.1. The average Bonchev–Trinajstić information content (AvgIpc) is 2.50. The molecule has 0 saturated heterocycles. The summed E-state index contributed by atoms with van der Waals surface area (Å²) in [6, 6.07) is 17.2. The quantitative estimate of drug-likeness (QED) is 0.257. The minimum atomic E-state index is -0.184. The molecule has 0 aliphatic rings. The van der Waals surface area contributed by atoms with Gasteiger partial charge in [0.25, 0.3) is 0 Å². The van der Waals surface area contributed by atoms with Crippen LogP contribution >= 0.6 is 54.5 Å². The lowest BCUT2D eigenvalue weighted by atomic mass is 9.98. The normalized spacial score (nSPS) is 12.6. The molecule has 0 heterocycles. The monoisotopic (exact) mass is 518 g/mol. The van der Waals surface area contributed by atoms with Crippen LogP contribution in [0.3, 0.4) is 0 Å². The van der Waals surface area contributed by atoms with Gasteiger partial charge in [-0.05, 0) is 63.4 Å². The number of halogens is 4. The zero-order chi connectivity index (χ0) is 15.0. The van der Waals surface area contributed by atoms with Crippen LogP contribution in [0.5, 0.6) is 0 Å². The number of hydrogen-bond acceptors (Lipinski definition) is 0. The molecule has 0 bridgehead atoms. The van der Waals surface area contributed by atoms with Gasteiger partial charge in [0.05, 0.1) is 4.83 Å². The van der Waals surface area contributed by atoms with Gasteiger partial charge in [0.2, 0.25) is 0 Å². The van der Waals surface area contributed by atoms with Crippen molar-refractivity contribution >= 4 is 65.2 Å². The lowest BCUT2D eigenvalue weighted by Crippen LogP contribution is -1.97. The van der Waals surface area contributed by atoms with Crippen LogP contribution in [0, 0.1) is 9.39 Å². The summed E-state index contributed by atoms with van der Waals surface area (Å²) in [5.41, 5.74) is 2.20. The van der Waals surface area contributed by atoms with Gasteiger partial charge < -0.3 is 0 Å². The first kappa shape index (κ1) is 15.4. The number of fused-ring (bicyclic) bond motifs is 1. The van der Waals surface area contributed by atoms with Gasteiger partial charge in [-0.2, -0.15) is 0 Å². The molecule has 21 heavy (non-hydrogen) atoms. The van der Waals surface area contributed by atoms with Crippen LogP contribution in [-0.4, -0.2) is 0 Å². The Balaban J connectivity index is 2.20. The second kappa shape index (κ2) is 6.34. The molecular weight excluding hydrogens is 510 g/mol. The molecule has 1 unspecified atom stereocenters. The predicted octanol–water partition coefficient (Wildman–Crippen LogP) is 6.83. The Morgan fingerprint density at radius 3 is 2.38 bits per heavy atom. The highest BCUT2D eigenvalue weighted by atomic mass is 127. The highest BCUT2D eigenvalue weighted by Crippen LogP contribution is 2.39. The first-order valence-corrected chi connectivity index (χ1v) is 9.13. The zero-order valence-electron chi connectivity index (χ0n) is 10.8. The van der Waals surface area contributed by atoms with Crippen LogP contribution in [0.25, 0.3) is 10.8 Å². The fourth-order valence-electron chi connectivity index (χ4n) is 2.38. The maximum absolute atomic E-state index is 13.9. The molecule has 0 aromatic heterocycles. The molecule has 3 aromatic carbocycles. The molecule has 0 nitrogen and oxygen atoms in total. The van der Waals surface area contributed by atoms with Crippen molar-refractivity contribution in [2.75, 3.05) is 0 Å². The SMILES string of the molecule is Fc1ccc(C(Br)c2cc(I)ccc2Br)c2ccccc12. The van der Waals surface area contributed by atoms with E-state index in [1.807, 2.05) is 36.4 Å². The molecule has 106 valence electrons. The summed E-state index contributed by atoms with van der Waals surface area (Å²) in [6.07, 6.45) is 0. The van der Waals surface area contributed by atoms with Crippen molar-refractivity contribution in [1.29, 1.82) is 0 Å². The molecule has 3 rings (SSSR count). The van der Waals surface area contributed by atoms with Crippen LogP contribution < -0.4 is 0 Å². The van der Waals surface area contributed by atoms with Gasteiger partial charge in [0.1, 0.15) is 5.82 Å². The summed E-state index contributed by atoms with van der Waals surface area (Å²) in [4.78, 5) is 0.00657. The molecule has 4 heteroatoms. The van der Waals surface area contributed by atoms with Crippen molar-refractivity contribution in [1.82, 2.24) is 0 Å². The Bertz CT molecular complexity index is 817. The van der Waals surface area contributed by atoms with E-state index in [9.17, 15) is 4.39 Å². The molecule has 1 atom stereocenters. The van der Waals surface area contributed by atoms with E-state index in [0.29, 0.717) is 5.39 Å². The van der Waals surface area contributed by atoms with E-state index in [1.165, 1.54) is 9.64 Å². The molecule has 0 spiro atoms. The smallest absolute Gasteiger partial charge is 0.131 e. The Kier molecular flexibility index (Phi) is 4.66. The Labute approximate surface area is 153 Å². The fourth-order valence-corrected chi connectivity index (χ4v) is 4.46. The third-order valence-electron chi connectivity index (χ3n) is 3.41. The van der Waals surface area contributed by atoms with Gasteiger partial charge in [-0.3, -0.25) is 0 Å². The highest BCUT2D eigenvalue weighted by Gasteiger charge is 2.17. The predicted molar refractivity (Wildman–Crippen MR) is 102 cm³/mol. The van der Waals surface area contributed by atoms with Gasteiger partial charge in [0, 0.05) is 13.4 Å². The van der Waals surface area contributed by atoms with E-state index in [0.717, 1.165) is 21.0 Å². The van der Waals surface area contributed by atoms with Gasteiger partial charge in [0.15, 0.2) is 0 Å². The van der Waals surface area contributed by atoms with Crippen molar-refractivity contribution in [3.63, 3.8) is 0 Å². The van der Waals surface area contributed by atoms with Crippen molar-refractivity contribution in [2.45, 2.75) is 4.83 Å². The molecule has 0 aliphatic heterocycles. The summed E-state index contributed by atoms with van der Waals surface area (Å²) in [5.74, 6) is -0.184. The first-order valence-electron chi connectivity index (χ1n) is 6.34. The van der Waals surface area contributed by atoms with Crippen LogP contribution in [0.1, 0.15) is 16.0 Å². The second-order valence-corrected chi connectivity index (χ2v) is 7.73. The third kappa shape index (κ3) is 3.03. The van der Waals surface area contributed by atoms with E-state index in [-0.39, 0.29) is 10.6 Å². The van der Waals surface area contributed by atoms with E-state index >= 15 is 0 Å². The molecule has 0 N–H and O–H groups in total. The summed E-state index contributed by atoms with van der Waals surface area (Å²) in [5, 5.41) is 1.59. The third-order valence-corrected chi connectivity index (χ3v) is 5.79. The number of benzene rings is 3. The molecule has 0 aliphatic carbocycles. The number of rotatable bonds is 2. The number of hydrogen-bond donors (Lipinski definition) is 0. The Morgan fingerprint density at radius 2 is 1.62 bits per heavy atom. The van der Waals surface area contributed by atoms with Crippen LogP contribution in [0.15, 0.2) is 59.1 Å². The lowest BCUT2D eigenvalue weighted by molar-refractivity contribution is 0.639. The molecule has 3 aromatic rings. The molecule has 0 radical (unpaired) electrons. The van der Waals surface area contributed by atoms with Crippen molar-refractivity contribution in [2.24, 2.45) is 0 Å². The summed E-state index contributed by atoms with van der Waals surface area (Å²) in [7, 11) is 0. The van der Waals surface area contributed by atoms with Crippen LogP contribution in [0.4, 0.5) is 4.39 Å². The molecule has 0 saturated carbocycles. The van der Waals surface area contributed by atoms with E-state index in [2.05, 4.69) is 66.6 Å². The fraction of sp³-hybridized carbons (Fsp3) is 0.0588. The van der Waals surface area contributed by atoms with E-state index in [1.54, 1.807) is 0 Å².